The minimum atomic E-state index is 0.0659. The topological polar surface area (TPSA) is 47.7 Å². The molecule has 5 nitrogen and oxygen atoms in total. The van der Waals surface area contributed by atoms with E-state index >= 15 is 0 Å². The average molecular weight is 233 g/mol. The van der Waals surface area contributed by atoms with E-state index < -0.39 is 0 Å². The van der Waals surface area contributed by atoms with Crippen molar-refractivity contribution in [3.8, 4) is 0 Å². The first-order valence-corrected chi connectivity index (χ1v) is 6.00. The van der Waals surface area contributed by atoms with Gasteiger partial charge in [-0.1, -0.05) is 6.92 Å². The molecule has 0 radical (unpaired) electrons. The maximum Gasteiger partial charge on any atom is 0.132 e. The summed E-state index contributed by atoms with van der Waals surface area (Å²) in [7, 11) is 1.93. The van der Waals surface area contributed by atoms with Crippen molar-refractivity contribution in [1.29, 1.82) is 0 Å². The summed E-state index contributed by atoms with van der Waals surface area (Å²) < 4.78 is 3.96. The van der Waals surface area contributed by atoms with Crippen molar-refractivity contribution in [1.82, 2.24) is 24.6 Å². The molecule has 0 aromatic carbocycles. The van der Waals surface area contributed by atoms with Crippen LogP contribution in [0.5, 0.6) is 0 Å². The molecule has 1 atom stereocenters. The van der Waals surface area contributed by atoms with Crippen molar-refractivity contribution >= 4 is 0 Å². The fourth-order valence-corrected chi connectivity index (χ4v) is 1.97. The van der Waals surface area contributed by atoms with Crippen molar-refractivity contribution in [2.75, 3.05) is 6.54 Å². The molecule has 2 aromatic rings. The second-order valence-corrected chi connectivity index (χ2v) is 3.98. The molecule has 1 N–H and O–H groups in total. The number of nitrogens with one attached hydrogen (secondary N) is 1. The van der Waals surface area contributed by atoms with Gasteiger partial charge >= 0.3 is 0 Å². The fourth-order valence-electron chi connectivity index (χ4n) is 1.97. The predicted molar refractivity (Wildman–Crippen MR) is 66.6 cm³/mol. The standard InChI is InChI=1S/C12H19N5/c1-4-13-11(10-6-8-16(3)15-10)12-14-7-9-17(12)5-2/h6-9,11,13H,4-5H2,1-3H3. The zero-order valence-electron chi connectivity index (χ0n) is 10.6. The number of rotatable bonds is 5. The summed E-state index contributed by atoms with van der Waals surface area (Å²) in [5.74, 6) is 1.02. The summed E-state index contributed by atoms with van der Waals surface area (Å²) in [6.07, 6.45) is 5.80. The number of hydrogen-bond donors (Lipinski definition) is 1. The molecule has 0 aliphatic heterocycles. The lowest BCUT2D eigenvalue weighted by atomic mass is 10.2. The van der Waals surface area contributed by atoms with Gasteiger partial charge in [0, 0.05) is 32.2 Å². The second kappa shape index (κ2) is 5.14. The predicted octanol–water partition coefficient (Wildman–Crippen LogP) is 1.34. The molecular formula is C12H19N5. The van der Waals surface area contributed by atoms with Crippen LogP contribution in [0.3, 0.4) is 0 Å². The Balaban J connectivity index is 2.35. The van der Waals surface area contributed by atoms with Gasteiger partial charge in [-0.15, -0.1) is 0 Å². The zero-order valence-corrected chi connectivity index (χ0v) is 10.6. The lowest BCUT2D eigenvalue weighted by Gasteiger charge is -2.16. The van der Waals surface area contributed by atoms with E-state index in [9.17, 15) is 0 Å². The van der Waals surface area contributed by atoms with E-state index in [2.05, 4.69) is 33.8 Å². The van der Waals surface area contributed by atoms with E-state index in [1.807, 2.05) is 36.4 Å². The number of hydrogen-bond acceptors (Lipinski definition) is 3. The minimum Gasteiger partial charge on any atom is -0.334 e. The van der Waals surface area contributed by atoms with Gasteiger partial charge in [0.1, 0.15) is 11.9 Å². The number of imidazole rings is 1. The maximum absolute atomic E-state index is 4.46. The highest BCUT2D eigenvalue weighted by atomic mass is 15.3. The highest BCUT2D eigenvalue weighted by molar-refractivity contribution is 5.16. The molecule has 0 aliphatic rings. The lowest BCUT2D eigenvalue weighted by Crippen LogP contribution is -2.25. The lowest BCUT2D eigenvalue weighted by molar-refractivity contribution is 0.541. The molecule has 0 aliphatic carbocycles. The molecule has 5 heteroatoms. The van der Waals surface area contributed by atoms with Crippen LogP contribution in [0.15, 0.2) is 24.7 Å². The van der Waals surface area contributed by atoms with E-state index in [1.165, 1.54) is 0 Å². The van der Waals surface area contributed by atoms with Gasteiger partial charge in [0.15, 0.2) is 0 Å². The van der Waals surface area contributed by atoms with E-state index in [0.29, 0.717) is 0 Å². The molecule has 0 amide bonds. The molecule has 1 unspecified atom stereocenters. The van der Waals surface area contributed by atoms with Crippen LogP contribution in [-0.2, 0) is 13.6 Å². The summed E-state index contributed by atoms with van der Waals surface area (Å²) in [6.45, 7) is 6.02. The normalized spacial score (nSPS) is 12.9. The Bertz CT molecular complexity index is 471. The molecule has 0 saturated carbocycles. The molecule has 92 valence electrons. The van der Waals surface area contributed by atoms with E-state index in [4.69, 9.17) is 0 Å². The van der Waals surface area contributed by atoms with Crippen LogP contribution in [0.4, 0.5) is 0 Å². The van der Waals surface area contributed by atoms with Crippen molar-refractivity contribution < 1.29 is 0 Å². The van der Waals surface area contributed by atoms with Crippen LogP contribution < -0.4 is 5.32 Å². The largest absolute Gasteiger partial charge is 0.334 e. The molecule has 2 rings (SSSR count). The Morgan fingerprint density at radius 1 is 1.35 bits per heavy atom. The molecule has 0 saturated heterocycles. The van der Waals surface area contributed by atoms with Crippen LogP contribution >= 0.6 is 0 Å². The van der Waals surface area contributed by atoms with Gasteiger partial charge in [-0.25, -0.2) is 4.98 Å². The summed E-state index contributed by atoms with van der Waals surface area (Å²) in [4.78, 5) is 4.44. The molecule has 2 aromatic heterocycles. The summed E-state index contributed by atoms with van der Waals surface area (Å²) in [5.41, 5.74) is 1.01. The van der Waals surface area contributed by atoms with Gasteiger partial charge in [0.05, 0.1) is 5.69 Å². The third kappa shape index (κ3) is 2.39. The molecular weight excluding hydrogens is 214 g/mol. The zero-order chi connectivity index (χ0) is 12.3. The molecule has 0 spiro atoms. The van der Waals surface area contributed by atoms with Crippen molar-refractivity contribution in [3.63, 3.8) is 0 Å². The number of aromatic nitrogens is 4. The van der Waals surface area contributed by atoms with Gasteiger partial charge in [-0.3, -0.25) is 4.68 Å². The summed E-state index contributed by atoms with van der Waals surface area (Å²) in [5, 5.41) is 7.89. The fraction of sp³-hybridized carbons (Fsp3) is 0.500. The Morgan fingerprint density at radius 2 is 2.18 bits per heavy atom. The highest BCUT2D eigenvalue weighted by Crippen LogP contribution is 2.18. The van der Waals surface area contributed by atoms with E-state index in [1.54, 1.807) is 0 Å². The van der Waals surface area contributed by atoms with Crippen LogP contribution in [0.2, 0.25) is 0 Å². The summed E-state index contributed by atoms with van der Waals surface area (Å²) in [6, 6.07) is 2.10. The minimum absolute atomic E-state index is 0.0659. The van der Waals surface area contributed by atoms with Crippen LogP contribution in [0, 0.1) is 0 Å². The second-order valence-electron chi connectivity index (χ2n) is 3.98. The number of aryl methyl sites for hydroxylation is 2. The highest BCUT2D eigenvalue weighted by Gasteiger charge is 2.19. The van der Waals surface area contributed by atoms with Crippen LogP contribution in [-0.4, -0.2) is 25.9 Å². The first kappa shape index (κ1) is 11.9. The SMILES string of the molecule is CCNC(c1ccn(C)n1)c1nccn1CC. The molecule has 0 bridgehead atoms. The quantitative estimate of drug-likeness (QED) is 0.847. The van der Waals surface area contributed by atoms with Crippen molar-refractivity contribution in [3.05, 3.63) is 36.2 Å². The third-order valence-corrected chi connectivity index (χ3v) is 2.78. The average Bonchev–Trinajstić information content (AvgIpc) is 2.94. The van der Waals surface area contributed by atoms with E-state index in [-0.39, 0.29) is 6.04 Å². The van der Waals surface area contributed by atoms with Crippen LogP contribution in [0.25, 0.3) is 0 Å². The Labute approximate surface area is 101 Å². The van der Waals surface area contributed by atoms with Crippen molar-refractivity contribution in [2.45, 2.75) is 26.4 Å². The van der Waals surface area contributed by atoms with Crippen molar-refractivity contribution in [2.24, 2.45) is 7.05 Å². The first-order chi connectivity index (χ1) is 8.26. The molecule has 2 heterocycles. The molecule has 17 heavy (non-hydrogen) atoms. The number of nitrogens with zero attached hydrogens (tertiary/aromatic N) is 4. The van der Waals surface area contributed by atoms with E-state index in [0.717, 1.165) is 24.6 Å². The Hall–Kier alpha value is -1.62. The van der Waals surface area contributed by atoms with Crippen LogP contribution in [0.1, 0.15) is 31.4 Å². The molecule has 0 fully saturated rings. The third-order valence-electron chi connectivity index (χ3n) is 2.78. The Morgan fingerprint density at radius 3 is 2.76 bits per heavy atom. The first-order valence-electron chi connectivity index (χ1n) is 6.00. The summed E-state index contributed by atoms with van der Waals surface area (Å²) >= 11 is 0. The van der Waals surface area contributed by atoms with Gasteiger partial charge in [-0.05, 0) is 19.5 Å². The Kier molecular flexibility index (Phi) is 3.58. The van der Waals surface area contributed by atoms with Gasteiger partial charge in [0.2, 0.25) is 0 Å². The smallest absolute Gasteiger partial charge is 0.132 e. The van der Waals surface area contributed by atoms with Gasteiger partial charge in [0.25, 0.3) is 0 Å². The van der Waals surface area contributed by atoms with Gasteiger partial charge in [-0.2, -0.15) is 5.10 Å². The monoisotopic (exact) mass is 233 g/mol. The van der Waals surface area contributed by atoms with Gasteiger partial charge < -0.3 is 9.88 Å². The maximum atomic E-state index is 4.46.